The van der Waals surface area contributed by atoms with Gasteiger partial charge in [0.05, 0.1) is 10.7 Å². The third kappa shape index (κ3) is 4.85. The average molecular weight is 330 g/mol. The first-order chi connectivity index (χ1) is 9.95. The summed E-state index contributed by atoms with van der Waals surface area (Å²) >= 11 is 11.9. The van der Waals surface area contributed by atoms with Crippen LogP contribution in [0, 0.1) is 0 Å². The molecule has 2 atom stereocenters. The Bertz CT molecular complexity index is 510. The van der Waals surface area contributed by atoms with Crippen LogP contribution >= 0.6 is 23.2 Å². The van der Waals surface area contributed by atoms with Crippen molar-refractivity contribution in [2.45, 2.75) is 32.4 Å². The highest BCUT2D eigenvalue weighted by Gasteiger charge is 2.22. The topological polar surface area (TPSA) is 44.4 Å². The number of benzene rings is 1. The number of carbonyl (C=O) groups is 1. The lowest BCUT2D eigenvalue weighted by atomic mass is 10.1. The number of nitrogens with one attached hydrogen (secondary N) is 2. The second-order valence-electron chi connectivity index (χ2n) is 5.58. The summed E-state index contributed by atoms with van der Waals surface area (Å²) in [6.45, 7) is 7.00. The van der Waals surface area contributed by atoms with Gasteiger partial charge in [-0.2, -0.15) is 0 Å². The first-order valence-electron chi connectivity index (χ1n) is 7.18. The number of hydrogen-bond donors (Lipinski definition) is 2. The minimum atomic E-state index is -0.0439. The molecule has 2 unspecified atom stereocenters. The molecule has 1 aromatic carbocycles. The molecule has 1 aliphatic heterocycles. The van der Waals surface area contributed by atoms with E-state index < -0.39 is 0 Å². The lowest BCUT2D eigenvalue weighted by Gasteiger charge is -2.37. The van der Waals surface area contributed by atoms with E-state index >= 15 is 0 Å². The molecule has 0 radical (unpaired) electrons. The van der Waals surface area contributed by atoms with Gasteiger partial charge in [0.2, 0.25) is 5.91 Å². The Morgan fingerprint density at radius 1 is 1.43 bits per heavy atom. The quantitative estimate of drug-likeness (QED) is 0.892. The highest BCUT2D eigenvalue weighted by atomic mass is 35.5. The maximum absolute atomic E-state index is 12.1. The molecule has 6 heteroatoms. The Hall–Kier alpha value is -0.810. The predicted molar refractivity (Wildman–Crippen MR) is 88.2 cm³/mol. The second-order valence-corrected chi connectivity index (χ2v) is 6.42. The number of halogens is 2. The zero-order valence-electron chi connectivity index (χ0n) is 12.3. The van der Waals surface area contributed by atoms with Crippen molar-refractivity contribution < 1.29 is 4.79 Å². The molecular formula is C15H21Cl2N3O. The van der Waals surface area contributed by atoms with Gasteiger partial charge in [0.15, 0.2) is 0 Å². The zero-order valence-corrected chi connectivity index (χ0v) is 13.8. The van der Waals surface area contributed by atoms with Crippen molar-refractivity contribution in [3.63, 3.8) is 0 Å². The van der Waals surface area contributed by atoms with Gasteiger partial charge in [-0.15, -0.1) is 0 Å². The van der Waals surface area contributed by atoms with E-state index in [9.17, 15) is 4.79 Å². The van der Waals surface area contributed by atoms with Gasteiger partial charge in [0.1, 0.15) is 0 Å². The van der Waals surface area contributed by atoms with E-state index in [2.05, 4.69) is 29.4 Å². The number of nitrogens with zero attached hydrogens (tertiary/aromatic N) is 1. The number of carbonyl (C=O) groups excluding carboxylic acids is 1. The molecule has 1 fully saturated rings. The smallest absolute Gasteiger partial charge is 0.225 e. The van der Waals surface area contributed by atoms with Crippen molar-refractivity contribution in [1.29, 1.82) is 0 Å². The van der Waals surface area contributed by atoms with Gasteiger partial charge in [-0.25, -0.2) is 0 Å². The Kier molecular flexibility index (Phi) is 5.88. The molecule has 1 aliphatic rings. The van der Waals surface area contributed by atoms with Gasteiger partial charge in [-0.3, -0.25) is 9.69 Å². The number of anilines is 1. The van der Waals surface area contributed by atoms with Crippen LogP contribution in [0.3, 0.4) is 0 Å². The summed E-state index contributed by atoms with van der Waals surface area (Å²) in [6.07, 6.45) is 0.444. The Morgan fingerprint density at radius 2 is 2.19 bits per heavy atom. The van der Waals surface area contributed by atoms with Crippen LogP contribution < -0.4 is 10.6 Å². The summed E-state index contributed by atoms with van der Waals surface area (Å²) < 4.78 is 0. The van der Waals surface area contributed by atoms with E-state index in [0.717, 1.165) is 19.6 Å². The zero-order chi connectivity index (χ0) is 15.4. The first-order valence-corrected chi connectivity index (χ1v) is 7.93. The first kappa shape index (κ1) is 16.6. The van der Waals surface area contributed by atoms with Crippen molar-refractivity contribution >= 4 is 34.8 Å². The van der Waals surface area contributed by atoms with Crippen LogP contribution in [0.5, 0.6) is 0 Å². The minimum Gasteiger partial charge on any atom is -0.325 e. The Balaban J connectivity index is 1.86. The summed E-state index contributed by atoms with van der Waals surface area (Å²) in [6, 6.07) is 5.95. The van der Waals surface area contributed by atoms with Gasteiger partial charge in [0, 0.05) is 43.2 Å². The van der Waals surface area contributed by atoms with Crippen LogP contribution in [0.15, 0.2) is 18.2 Å². The van der Waals surface area contributed by atoms with Crippen LogP contribution in [0.1, 0.15) is 20.3 Å². The van der Waals surface area contributed by atoms with E-state index in [0.29, 0.717) is 34.2 Å². The molecule has 0 spiro atoms. The third-order valence-electron chi connectivity index (χ3n) is 3.72. The average Bonchev–Trinajstić information content (AvgIpc) is 2.44. The molecule has 2 N–H and O–H groups in total. The van der Waals surface area contributed by atoms with Crippen LogP contribution in [-0.2, 0) is 4.79 Å². The maximum Gasteiger partial charge on any atom is 0.225 e. The summed E-state index contributed by atoms with van der Waals surface area (Å²) in [5, 5.41) is 7.30. The standard InChI is InChI=1S/C15H21Cl2N3O/c1-10-9-20(11(2)8-18-10)6-5-15(21)19-14-7-12(16)3-4-13(14)17/h3-4,7,10-11,18H,5-6,8-9H2,1-2H3,(H,19,21). The highest BCUT2D eigenvalue weighted by molar-refractivity contribution is 6.35. The molecule has 0 saturated carbocycles. The van der Waals surface area contributed by atoms with Crippen molar-refractivity contribution in [2.24, 2.45) is 0 Å². The molecule has 0 bridgehead atoms. The van der Waals surface area contributed by atoms with Crippen LogP contribution in [0.2, 0.25) is 10.0 Å². The summed E-state index contributed by atoms with van der Waals surface area (Å²) in [5.74, 6) is -0.0439. The Morgan fingerprint density at radius 3 is 2.95 bits per heavy atom. The van der Waals surface area contributed by atoms with E-state index in [1.54, 1.807) is 18.2 Å². The molecule has 116 valence electrons. The molecule has 1 heterocycles. The fraction of sp³-hybridized carbons (Fsp3) is 0.533. The van der Waals surface area contributed by atoms with Crippen molar-refractivity contribution in [3.05, 3.63) is 28.2 Å². The highest BCUT2D eigenvalue weighted by Crippen LogP contribution is 2.25. The molecule has 0 aliphatic carbocycles. The Labute approximate surface area is 135 Å². The van der Waals surface area contributed by atoms with E-state index in [1.165, 1.54) is 0 Å². The molecule has 4 nitrogen and oxygen atoms in total. The normalized spacial score (nSPS) is 23.0. The molecule has 0 aromatic heterocycles. The lowest BCUT2D eigenvalue weighted by molar-refractivity contribution is -0.116. The van der Waals surface area contributed by atoms with Crippen molar-refractivity contribution in [1.82, 2.24) is 10.2 Å². The van der Waals surface area contributed by atoms with E-state index in [4.69, 9.17) is 23.2 Å². The largest absolute Gasteiger partial charge is 0.325 e. The van der Waals surface area contributed by atoms with Crippen LogP contribution in [-0.4, -0.2) is 42.5 Å². The summed E-state index contributed by atoms with van der Waals surface area (Å²) in [5.41, 5.74) is 0.566. The fourth-order valence-corrected chi connectivity index (χ4v) is 2.80. The molecule has 1 saturated heterocycles. The second kappa shape index (κ2) is 7.45. The monoisotopic (exact) mass is 329 g/mol. The van der Waals surface area contributed by atoms with E-state index in [1.807, 2.05) is 0 Å². The fourth-order valence-electron chi connectivity index (χ4n) is 2.46. The molecule has 21 heavy (non-hydrogen) atoms. The van der Waals surface area contributed by atoms with Crippen LogP contribution in [0.4, 0.5) is 5.69 Å². The number of piperazine rings is 1. The lowest BCUT2D eigenvalue weighted by Crippen LogP contribution is -2.54. The summed E-state index contributed by atoms with van der Waals surface area (Å²) in [4.78, 5) is 14.4. The number of hydrogen-bond acceptors (Lipinski definition) is 3. The van der Waals surface area contributed by atoms with Gasteiger partial charge in [0.25, 0.3) is 0 Å². The van der Waals surface area contributed by atoms with Gasteiger partial charge >= 0.3 is 0 Å². The van der Waals surface area contributed by atoms with Crippen LogP contribution in [0.25, 0.3) is 0 Å². The molecule has 1 amide bonds. The predicted octanol–water partition coefficient (Wildman–Crippen LogP) is 3.00. The molecule has 1 aromatic rings. The van der Waals surface area contributed by atoms with Gasteiger partial charge < -0.3 is 10.6 Å². The van der Waals surface area contributed by atoms with Gasteiger partial charge in [-0.1, -0.05) is 23.2 Å². The molecular weight excluding hydrogens is 309 g/mol. The van der Waals surface area contributed by atoms with Crippen molar-refractivity contribution in [2.75, 3.05) is 25.0 Å². The van der Waals surface area contributed by atoms with Gasteiger partial charge in [-0.05, 0) is 32.0 Å². The summed E-state index contributed by atoms with van der Waals surface area (Å²) in [7, 11) is 0. The SMILES string of the molecule is CC1CN(CCC(=O)Nc2cc(Cl)ccc2Cl)C(C)CN1. The van der Waals surface area contributed by atoms with Crippen molar-refractivity contribution in [3.8, 4) is 0 Å². The van der Waals surface area contributed by atoms with E-state index in [-0.39, 0.29) is 5.91 Å². The maximum atomic E-state index is 12.1. The third-order valence-corrected chi connectivity index (χ3v) is 4.29. The number of amides is 1. The number of rotatable bonds is 4. The molecule has 2 rings (SSSR count). The minimum absolute atomic E-state index is 0.0439.